The van der Waals surface area contributed by atoms with Crippen LogP contribution in [0.4, 0.5) is 0 Å². The Balaban J connectivity index is 2.57. The van der Waals surface area contributed by atoms with Gasteiger partial charge < -0.3 is 20.3 Å². The predicted molar refractivity (Wildman–Crippen MR) is 63.9 cm³/mol. The van der Waals surface area contributed by atoms with Gasteiger partial charge in [-0.2, -0.15) is 0 Å². The van der Waals surface area contributed by atoms with Gasteiger partial charge in [0.25, 0.3) is 0 Å². The fraction of sp³-hybridized carbons (Fsp3) is 0. The van der Waals surface area contributed by atoms with Crippen molar-refractivity contribution in [3.05, 3.63) is 30.1 Å². The van der Waals surface area contributed by atoms with Crippen LogP contribution in [-0.2, 0) is 0 Å². The molecule has 0 aliphatic rings. The maximum absolute atomic E-state index is 10.9. The number of aromatic amines is 1. The van der Waals surface area contributed by atoms with Gasteiger partial charge >= 0.3 is 5.97 Å². The van der Waals surface area contributed by atoms with Crippen LogP contribution in [0.5, 0.6) is 11.5 Å². The highest BCUT2D eigenvalue weighted by Crippen LogP contribution is 2.40. The number of carboxylic acid groups (broad SMARTS) is 1. The molecule has 0 radical (unpaired) electrons. The number of hydrogen-bond acceptors (Lipinski definition) is 4. The number of aromatic carboxylic acids is 1. The van der Waals surface area contributed by atoms with Crippen LogP contribution >= 0.6 is 0 Å². The lowest BCUT2D eigenvalue weighted by molar-refractivity contribution is 0.0691. The number of phenols is 2. The molecule has 18 heavy (non-hydrogen) atoms. The van der Waals surface area contributed by atoms with Gasteiger partial charge in [-0.25, -0.2) is 4.79 Å². The molecule has 0 saturated heterocycles. The Bertz CT molecular complexity index is 791. The number of rotatable bonds is 1. The number of carbonyl (C=O) groups is 1. The summed E-state index contributed by atoms with van der Waals surface area (Å²) in [5.74, 6) is -1.86. The van der Waals surface area contributed by atoms with E-state index in [4.69, 9.17) is 5.11 Å². The molecule has 2 aromatic heterocycles. The molecule has 0 amide bonds. The summed E-state index contributed by atoms with van der Waals surface area (Å²) in [5.41, 5.74) is 0.600. The zero-order valence-electron chi connectivity index (χ0n) is 9.01. The summed E-state index contributed by atoms with van der Waals surface area (Å²) >= 11 is 0. The van der Waals surface area contributed by atoms with E-state index in [1.807, 2.05) is 0 Å². The van der Waals surface area contributed by atoms with Gasteiger partial charge in [-0.05, 0) is 18.2 Å². The van der Waals surface area contributed by atoms with Gasteiger partial charge in [0.1, 0.15) is 11.2 Å². The van der Waals surface area contributed by atoms with Crippen LogP contribution < -0.4 is 0 Å². The summed E-state index contributed by atoms with van der Waals surface area (Å²) < 4.78 is 0. The second-order valence-electron chi connectivity index (χ2n) is 3.87. The second-order valence-corrected chi connectivity index (χ2v) is 3.87. The topological polar surface area (TPSA) is 106 Å². The number of hydrogen-bond donors (Lipinski definition) is 4. The van der Waals surface area contributed by atoms with Gasteiger partial charge in [0.2, 0.25) is 0 Å². The maximum atomic E-state index is 10.9. The number of carboxylic acids is 1. The molecule has 0 saturated carbocycles. The van der Waals surface area contributed by atoms with Crippen molar-refractivity contribution in [2.45, 2.75) is 0 Å². The van der Waals surface area contributed by atoms with Crippen molar-refractivity contribution in [1.29, 1.82) is 0 Å². The SMILES string of the molecule is O=C(O)c1cc2c(O)c(O)c3ncccc3c2[nH]1. The Kier molecular flexibility index (Phi) is 1.94. The zero-order valence-corrected chi connectivity index (χ0v) is 9.01. The van der Waals surface area contributed by atoms with Gasteiger partial charge in [0.05, 0.1) is 5.52 Å². The average Bonchev–Trinajstić information content (AvgIpc) is 2.81. The lowest BCUT2D eigenvalue weighted by Crippen LogP contribution is -1.94. The second kappa shape index (κ2) is 3.36. The minimum Gasteiger partial charge on any atom is -0.504 e. The third-order valence-electron chi connectivity index (χ3n) is 2.83. The fourth-order valence-corrected chi connectivity index (χ4v) is 2.00. The normalized spacial score (nSPS) is 11.1. The quantitative estimate of drug-likeness (QED) is 0.488. The first kappa shape index (κ1) is 10.4. The summed E-state index contributed by atoms with van der Waals surface area (Å²) in [6.45, 7) is 0. The van der Waals surface area contributed by atoms with Crippen LogP contribution in [0.2, 0.25) is 0 Å². The fourth-order valence-electron chi connectivity index (χ4n) is 2.00. The van der Waals surface area contributed by atoms with Gasteiger partial charge in [0.15, 0.2) is 11.5 Å². The first-order chi connectivity index (χ1) is 8.59. The third kappa shape index (κ3) is 1.22. The van der Waals surface area contributed by atoms with Crippen molar-refractivity contribution in [3.8, 4) is 11.5 Å². The van der Waals surface area contributed by atoms with Crippen molar-refractivity contribution in [1.82, 2.24) is 9.97 Å². The molecule has 0 bridgehead atoms. The predicted octanol–water partition coefficient (Wildman–Crippen LogP) is 1.83. The number of phenolic OH excluding ortho intramolecular Hbond substituents is 2. The van der Waals surface area contributed by atoms with E-state index in [2.05, 4.69) is 9.97 Å². The van der Waals surface area contributed by atoms with Crippen molar-refractivity contribution >= 4 is 27.8 Å². The highest BCUT2D eigenvalue weighted by molar-refractivity contribution is 6.12. The molecule has 0 fully saturated rings. The van der Waals surface area contributed by atoms with E-state index in [0.717, 1.165) is 0 Å². The Morgan fingerprint density at radius 3 is 2.72 bits per heavy atom. The molecule has 6 nitrogen and oxygen atoms in total. The van der Waals surface area contributed by atoms with Crippen LogP contribution in [0.1, 0.15) is 10.5 Å². The zero-order chi connectivity index (χ0) is 12.9. The summed E-state index contributed by atoms with van der Waals surface area (Å²) in [7, 11) is 0. The van der Waals surface area contributed by atoms with E-state index in [1.54, 1.807) is 12.1 Å². The van der Waals surface area contributed by atoms with Crippen LogP contribution in [0.15, 0.2) is 24.4 Å². The van der Waals surface area contributed by atoms with E-state index in [0.29, 0.717) is 10.9 Å². The van der Waals surface area contributed by atoms with Gasteiger partial charge in [-0.3, -0.25) is 4.98 Å². The summed E-state index contributed by atoms with van der Waals surface area (Å²) in [4.78, 5) is 17.6. The average molecular weight is 244 g/mol. The molecule has 4 N–H and O–H groups in total. The number of aromatic nitrogens is 2. The molecule has 3 rings (SSSR count). The maximum Gasteiger partial charge on any atom is 0.352 e. The molecule has 0 aliphatic carbocycles. The molecule has 3 aromatic rings. The Labute approximate surface area is 100 Å². The lowest BCUT2D eigenvalue weighted by atomic mass is 10.1. The Morgan fingerprint density at radius 1 is 1.22 bits per heavy atom. The van der Waals surface area contributed by atoms with Gasteiger partial charge in [0, 0.05) is 17.0 Å². The Hall–Kier alpha value is -2.76. The van der Waals surface area contributed by atoms with Gasteiger partial charge in [-0.15, -0.1) is 0 Å². The molecular weight excluding hydrogens is 236 g/mol. The Morgan fingerprint density at radius 2 is 2.00 bits per heavy atom. The standard InChI is InChI=1S/C12H8N2O4/c15-10-6-4-7(12(17)18)14-8(6)5-2-1-3-13-9(5)11(10)16/h1-4,14-16H,(H,17,18). The molecule has 0 unspecified atom stereocenters. The van der Waals surface area contributed by atoms with Gasteiger partial charge in [-0.1, -0.05) is 0 Å². The molecule has 6 heteroatoms. The summed E-state index contributed by atoms with van der Waals surface area (Å²) in [6, 6.07) is 4.63. The van der Waals surface area contributed by atoms with Crippen molar-refractivity contribution in [2.24, 2.45) is 0 Å². The van der Waals surface area contributed by atoms with Crippen LogP contribution in [0.25, 0.3) is 21.8 Å². The monoisotopic (exact) mass is 244 g/mol. The number of pyridine rings is 1. The van der Waals surface area contributed by atoms with E-state index in [1.165, 1.54) is 12.3 Å². The van der Waals surface area contributed by atoms with E-state index in [-0.39, 0.29) is 28.1 Å². The molecule has 0 atom stereocenters. The smallest absolute Gasteiger partial charge is 0.352 e. The van der Waals surface area contributed by atoms with Crippen molar-refractivity contribution in [3.63, 3.8) is 0 Å². The van der Waals surface area contributed by atoms with E-state index in [9.17, 15) is 15.0 Å². The number of nitrogens with one attached hydrogen (secondary N) is 1. The molecule has 90 valence electrons. The number of nitrogens with zero attached hydrogens (tertiary/aromatic N) is 1. The molecule has 1 aromatic carbocycles. The molecule has 0 spiro atoms. The minimum atomic E-state index is -1.14. The first-order valence-corrected chi connectivity index (χ1v) is 5.14. The largest absolute Gasteiger partial charge is 0.504 e. The number of H-pyrrole nitrogens is 1. The lowest BCUT2D eigenvalue weighted by Gasteiger charge is -2.04. The van der Waals surface area contributed by atoms with Crippen LogP contribution in [0, 0.1) is 0 Å². The van der Waals surface area contributed by atoms with E-state index < -0.39 is 5.97 Å². The number of fused-ring (bicyclic) bond motifs is 3. The summed E-state index contributed by atoms with van der Waals surface area (Å²) in [5, 5.41) is 29.4. The highest BCUT2D eigenvalue weighted by Gasteiger charge is 2.18. The molecule has 2 heterocycles. The van der Waals surface area contributed by atoms with Crippen LogP contribution in [-0.4, -0.2) is 31.3 Å². The van der Waals surface area contributed by atoms with E-state index >= 15 is 0 Å². The highest BCUT2D eigenvalue weighted by atomic mass is 16.4. The van der Waals surface area contributed by atoms with Crippen LogP contribution in [0.3, 0.4) is 0 Å². The number of aromatic hydroxyl groups is 2. The van der Waals surface area contributed by atoms with Crippen molar-refractivity contribution in [2.75, 3.05) is 0 Å². The first-order valence-electron chi connectivity index (χ1n) is 5.14. The number of benzene rings is 1. The molecule has 0 aliphatic heterocycles. The summed E-state index contributed by atoms with van der Waals surface area (Å²) in [6.07, 6.45) is 1.48. The minimum absolute atomic E-state index is 0.0592. The van der Waals surface area contributed by atoms with Crippen molar-refractivity contribution < 1.29 is 20.1 Å². The third-order valence-corrected chi connectivity index (χ3v) is 2.83. The molecular formula is C12H8N2O4.